The van der Waals surface area contributed by atoms with Gasteiger partial charge in [-0.1, -0.05) is 31.4 Å². The normalized spacial score (nSPS) is 16.4. The summed E-state index contributed by atoms with van der Waals surface area (Å²) >= 11 is 0. The summed E-state index contributed by atoms with van der Waals surface area (Å²) in [6.45, 7) is 0. The van der Waals surface area contributed by atoms with E-state index in [1.54, 1.807) is 12.1 Å². The third-order valence-corrected chi connectivity index (χ3v) is 5.00. The van der Waals surface area contributed by atoms with Crippen molar-refractivity contribution in [1.29, 1.82) is 0 Å². The number of benzene rings is 1. The first kappa shape index (κ1) is 15.8. The van der Waals surface area contributed by atoms with E-state index < -0.39 is 16.1 Å². The van der Waals surface area contributed by atoms with Gasteiger partial charge in [0.15, 0.2) is 0 Å². The van der Waals surface area contributed by atoms with Crippen molar-refractivity contribution < 1.29 is 17.9 Å². The number of amides is 1. The Hall–Kier alpha value is -1.60. The predicted octanol–water partition coefficient (Wildman–Crippen LogP) is 2.28. The minimum atomic E-state index is -3.77. The average molecular weight is 312 g/mol. The summed E-state index contributed by atoms with van der Waals surface area (Å²) in [4.78, 5) is 13.0. The Morgan fingerprint density at radius 1 is 1.14 bits per heavy atom. The highest BCUT2D eigenvalue weighted by Crippen LogP contribution is 2.32. The standard InChI is InChI=1S/C14H20N2O4S/c1-20-14(17)15-16-21(18,19)13-9-7-12(8-10-13)11-5-3-2-4-6-11/h7-11,16H,2-6H2,1H3,(H,15,17). The molecular weight excluding hydrogens is 292 g/mol. The summed E-state index contributed by atoms with van der Waals surface area (Å²) in [5.74, 6) is 0.525. The van der Waals surface area contributed by atoms with Crippen molar-refractivity contribution in [3.05, 3.63) is 29.8 Å². The molecule has 1 amide bonds. The van der Waals surface area contributed by atoms with E-state index in [2.05, 4.69) is 4.74 Å². The lowest BCUT2D eigenvalue weighted by molar-refractivity contribution is 0.169. The Bertz CT molecular complexity index is 577. The SMILES string of the molecule is COC(=O)NNS(=O)(=O)c1ccc(C2CCCCC2)cc1. The topological polar surface area (TPSA) is 84.5 Å². The number of rotatable bonds is 4. The molecule has 0 heterocycles. The summed E-state index contributed by atoms with van der Waals surface area (Å²) in [7, 11) is -2.62. The number of sulfonamides is 1. The van der Waals surface area contributed by atoms with E-state index in [-0.39, 0.29) is 4.90 Å². The molecule has 0 aromatic heterocycles. The maximum atomic E-state index is 12.0. The van der Waals surface area contributed by atoms with E-state index >= 15 is 0 Å². The fraction of sp³-hybridized carbons (Fsp3) is 0.500. The van der Waals surface area contributed by atoms with Crippen LogP contribution in [0.2, 0.25) is 0 Å². The summed E-state index contributed by atoms with van der Waals surface area (Å²) in [5, 5.41) is 0. The quantitative estimate of drug-likeness (QED) is 0.835. The van der Waals surface area contributed by atoms with Crippen molar-refractivity contribution in [1.82, 2.24) is 10.3 Å². The lowest BCUT2D eigenvalue weighted by Crippen LogP contribution is -2.41. The molecule has 1 aromatic carbocycles. The van der Waals surface area contributed by atoms with Crippen LogP contribution in [-0.2, 0) is 14.8 Å². The summed E-state index contributed by atoms with van der Waals surface area (Å²) < 4.78 is 28.2. The van der Waals surface area contributed by atoms with Gasteiger partial charge in [-0.2, -0.15) is 0 Å². The molecule has 0 atom stereocenters. The second-order valence-electron chi connectivity index (χ2n) is 5.13. The molecule has 6 nitrogen and oxygen atoms in total. The van der Waals surface area contributed by atoms with Gasteiger partial charge in [0.1, 0.15) is 0 Å². The number of carbonyl (C=O) groups is 1. The third-order valence-electron chi connectivity index (χ3n) is 3.74. The van der Waals surface area contributed by atoms with E-state index in [0.717, 1.165) is 20.0 Å². The lowest BCUT2D eigenvalue weighted by Gasteiger charge is -2.22. The number of carbonyl (C=O) groups excluding carboxylic acids is 1. The molecule has 1 saturated carbocycles. The van der Waals surface area contributed by atoms with Crippen LogP contribution in [0.25, 0.3) is 0 Å². The minimum absolute atomic E-state index is 0.110. The van der Waals surface area contributed by atoms with Crippen molar-refractivity contribution in [2.45, 2.75) is 42.9 Å². The van der Waals surface area contributed by atoms with Crippen molar-refractivity contribution in [2.75, 3.05) is 7.11 Å². The number of nitrogens with one attached hydrogen (secondary N) is 2. The summed E-state index contributed by atoms with van der Waals surface area (Å²) in [5.41, 5.74) is 3.13. The molecule has 1 aliphatic rings. The van der Waals surface area contributed by atoms with Gasteiger partial charge in [-0.05, 0) is 36.5 Å². The average Bonchev–Trinajstić information content (AvgIpc) is 2.53. The molecule has 116 valence electrons. The number of methoxy groups -OCH3 is 1. The first-order chi connectivity index (χ1) is 10.0. The van der Waals surface area contributed by atoms with Crippen LogP contribution in [-0.4, -0.2) is 21.6 Å². The summed E-state index contributed by atoms with van der Waals surface area (Å²) in [6.07, 6.45) is 5.21. The van der Waals surface area contributed by atoms with E-state index in [0.29, 0.717) is 5.92 Å². The molecule has 7 heteroatoms. The van der Waals surface area contributed by atoms with Crippen LogP contribution in [0.1, 0.15) is 43.6 Å². The third kappa shape index (κ3) is 4.18. The maximum Gasteiger partial charge on any atom is 0.422 e. The van der Waals surface area contributed by atoms with E-state index in [1.165, 1.54) is 24.8 Å². The van der Waals surface area contributed by atoms with Crippen molar-refractivity contribution in [3.8, 4) is 0 Å². The van der Waals surface area contributed by atoms with Crippen LogP contribution < -0.4 is 10.3 Å². The lowest BCUT2D eigenvalue weighted by atomic mass is 9.84. The van der Waals surface area contributed by atoms with Crippen LogP contribution in [0.5, 0.6) is 0 Å². The number of hydrogen-bond donors (Lipinski definition) is 2. The molecule has 0 unspecified atom stereocenters. The zero-order valence-corrected chi connectivity index (χ0v) is 12.8. The molecule has 2 rings (SSSR count). The number of hydrazine groups is 1. The molecule has 0 saturated heterocycles. The molecule has 2 N–H and O–H groups in total. The fourth-order valence-electron chi connectivity index (χ4n) is 2.57. The van der Waals surface area contributed by atoms with Crippen LogP contribution in [0, 0.1) is 0 Å². The molecule has 0 aliphatic heterocycles. The molecule has 1 fully saturated rings. The van der Waals surface area contributed by atoms with Crippen molar-refractivity contribution in [2.24, 2.45) is 0 Å². The van der Waals surface area contributed by atoms with Gasteiger partial charge in [0, 0.05) is 0 Å². The van der Waals surface area contributed by atoms with E-state index in [4.69, 9.17) is 0 Å². The zero-order chi connectivity index (χ0) is 15.3. The van der Waals surface area contributed by atoms with Crippen LogP contribution in [0.3, 0.4) is 0 Å². The van der Waals surface area contributed by atoms with Gasteiger partial charge in [0.05, 0.1) is 12.0 Å². The molecule has 0 radical (unpaired) electrons. The van der Waals surface area contributed by atoms with Gasteiger partial charge in [0.25, 0.3) is 10.0 Å². The van der Waals surface area contributed by atoms with Gasteiger partial charge < -0.3 is 4.74 Å². The first-order valence-electron chi connectivity index (χ1n) is 6.98. The predicted molar refractivity (Wildman–Crippen MR) is 78.1 cm³/mol. The smallest absolute Gasteiger partial charge is 0.422 e. The fourth-order valence-corrected chi connectivity index (χ4v) is 3.40. The molecule has 1 aromatic rings. The van der Waals surface area contributed by atoms with Gasteiger partial charge in [0.2, 0.25) is 0 Å². The van der Waals surface area contributed by atoms with Gasteiger partial charge in [-0.15, -0.1) is 4.83 Å². The molecular formula is C14H20N2O4S. The second-order valence-corrected chi connectivity index (χ2v) is 6.81. The van der Waals surface area contributed by atoms with Gasteiger partial charge >= 0.3 is 6.09 Å². The summed E-state index contributed by atoms with van der Waals surface area (Å²) in [6, 6.07) is 6.82. The van der Waals surface area contributed by atoms with Crippen LogP contribution in [0.15, 0.2) is 29.2 Å². The maximum absolute atomic E-state index is 12.0. The van der Waals surface area contributed by atoms with Gasteiger partial charge in [-0.3, -0.25) is 0 Å². The Labute approximate surface area is 124 Å². The molecule has 1 aliphatic carbocycles. The van der Waals surface area contributed by atoms with E-state index in [9.17, 15) is 13.2 Å². The largest absolute Gasteiger partial charge is 0.452 e. The van der Waals surface area contributed by atoms with E-state index in [1.807, 2.05) is 22.4 Å². The van der Waals surface area contributed by atoms with Gasteiger partial charge in [-0.25, -0.2) is 18.6 Å². The molecule has 0 spiro atoms. The first-order valence-corrected chi connectivity index (χ1v) is 8.47. The monoisotopic (exact) mass is 312 g/mol. The number of ether oxygens (including phenoxy) is 1. The Balaban J connectivity index is 2.05. The highest BCUT2D eigenvalue weighted by atomic mass is 32.2. The van der Waals surface area contributed by atoms with Crippen LogP contribution >= 0.6 is 0 Å². The molecule has 0 bridgehead atoms. The highest BCUT2D eigenvalue weighted by Gasteiger charge is 2.18. The van der Waals surface area contributed by atoms with Crippen molar-refractivity contribution in [3.63, 3.8) is 0 Å². The Morgan fingerprint density at radius 3 is 2.33 bits per heavy atom. The zero-order valence-electron chi connectivity index (χ0n) is 12.0. The minimum Gasteiger partial charge on any atom is -0.452 e. The number of hydrogen-bond acceptors (Lipinski definition) is 4. The van der Waals surface area contributed by atoms with Crippen molar-refractivity contribution >= 4 is 16.1 Å². The Kier molecular flexibility index (Phi) is 5.19. The Morgan fingerprint density at radius 2 is 1.76 bits per heavy atom. The second kappa shape index (κ2) is 6.91. The van der Waals surface area contributed by atoms with Crippen LogP contribution in [0.4, 0.5) is 4.79 Å². The highest BCUT2D eigenvalue weighted by molar-refractivity contribution is 7.89. The molecule has 21 heavy (non-hydrogen) atoms.